The first-order chi connectivity index (χ1) is 15.4. The van der Waals surface area contributed by atoms with E-state index in [1.54, 1.807) is 0 Å². The van der Waals surface area contributed by atoms with Gasteiger partial charge in [-0.25, -0.2) is 0 Å². The predicted octanol–water partition coefficient (Wildman–Crippen LogP) is 6.50. The van der Waals surface area contributed by atoms with Crippen LogP contribution in [-0.4, -0.2) is 27.4 Å². The zero-order chi connectivity index (χ0) is 23.8. The van der Waals surface area contributed by atoms with Crippen molar-refractivity contribution >= 4 is 23.5 Å². The molecule has 2 atom stereocenters. The molecule has 1 unspecified atom stereocenters. The third-order valence-electron chi connectivity index (χ3n) is 9.03. The van der Waals surface area contributed by atoms with E-state index in [9.17, 15) is 14.7 Å². The van der Waals surface area contributed by atoms with Crippen LogP contribution >= 0.6 is 11.6 Å². The van der Waals surface area contributed by atoms with Gasteiger partial charge in [0.1, 0.15) is 0 Å². The monoisotopic (exact) mass is 469 g/mol. The Hall–Kier alpha value is -1.81. The van der Waals surface area contributed by atoms with Crippen LogP contribution in [-0.2, 0) is 21.4 Å². The lowest BCUT2D eigenvalue weighted by Gasteiger charge is -2.71. The Bertz CT molecular complexity index is 1030. The fourth-order valence-electron chi connectivity index (χ4n) is 7.07. The summed E-state index contributed by atoms with van der Waals surface area (Å²) in [5.41, 5.74) is 2.80. The van der Waals surface area contributed by atoms with E-state index in [1.165, 1.54) is 11.1 Å². The van der Waals surface area contributed by atoms with Crippen LogP contribution in [0.15, 0.2) is 30.0 Å². The summed E-state index contributed by atoms with van der Waals surface area (Å²) in [6.45, 7) is 9.02. The van der Waals surface area contributed by atoms with Gasteiger partial charge in [-0.05, 0) is 79.0 Å². The number of carboxylic acids is 1. The summed E-state index contributed by atoms with van der Waals surface area (Å²) in [6, 6.07) is 6.50. The van der Waals surface area contributed by atoms with Gasteiger partial charge in [0, 0.05) is 23.1 Å². The molecule has 1 N–H and O–H groups in total. The summed E-state index contributed by atoms with van der Waals surface area (Å²) in [5.74, 6) is -0.169. The van der Waals surface area contributed by atoms with Crippen LogP contribution in [0.5, 0.6) is 0 Å². The Labute approximate surface area is 202 Å². The normalized spacial score (nSPS) is 35.3. The largest absolute Gasteiger partial charge is 0.481 e. The molecule has 1 aromatic carbocycles. The third-order valence-corrected chi connectivity index (χ3v) is 9.38. The molecule has 0 spiro atoms. The van der Waals surface area contributed by atoms with Crippen LogP contribution in [0.4, 0.5) is 0 Å². The molecule has 6 rings (SSSR count). The zero-order valence-corrected chi connectivity index (χ0v) is 21.1. The molecule has 1 amide bonds. The average molecular weight is 470 g/mol. The number of amides is 1. The van der Waals surface area contributed by atoms with Crippen LogP contribution in [0, 0.1) is 16.7 Å². The van der Waals surface area contributed by atoms with Gasteiger partial charge in [0.15, 0.2) is 0 Å². The highest BCUT2D eigenvalue weighted by atomic mass is 35.5. The molecule has 0 saturated heterocycles. The van der Waals surface area contributed by atoms with Crippen LogP contribution < -0.4 is 0 Å². The first kappa shape index (κ1) is 23.0. The van der Waals surface area contributed by atoms with Gasteiger partial charge in [0.2, 0.25) is 5.91 Å². The summed E-state index contributed by atoms with van der Waals surface area (Å²) in [6.07, 6.45) is 9.60. The number of fused-ring (bicyclic) bond motifs is 1. The number of halogens is 1. The molecule has 5 heteroatoms. The summed E-state index contributed by atoms with van der Waals surface area (Å²) in [5, 5.41) is 10.3. The van der Waals surface area contributed by atoms with Gasteiger partial charge in [0.05, 0.1) is 11.0 Å². The molecule has 178 valence electrons. The molecule has 0 aromatic heterocycles. The van der Waals surface area contributed by atoms with E-state index in [0.717, 1.165) is 42.7 Å². The Morgan fingerprint density at radius 2 is 1.94 bits per heavy atom. The molecule has 1 heterocycles. The highest BCUT2D eigenvalue weighted by molar-refractivity contribution is 6.31. The lowest BCUT2D eigenvalue weighted by molar-refractivity contribution is -0.224. The van der Waals surface area contributed by atoms with Crippen LogP contribution in [0.1, 0.15) is 90.2 Å². The Kier molecular flexibility index (Phi) is 5.11. The Morgan fingerprint density at radius 3 is 2.55 bits per heavy atom. The second kappa shape index (κ2) is 7.34. The number of allylic oxidation sites excluding steroid dienone is 1. The molecule has 2 bridgehead atoms. The van der Waals surface area contributed by atoms with Crippen molar-refractivity contribution in [1.29, 1.82) is 0 Å². The number of aryl methyl sites for hydroxylation is 1. The van der Waals surface area contributed by atoms with Crippen LogP contribution in [0.25, 0.3) is 0 Å². The molecule has 0 radical (unpaired) electrons. The maximum absolute atomic E-state index is 13.5. The number of nitrogens with zero attached hydrogens (tertiary/aromatic N) is 1. The van der Waals surface area contributed by atoms with Crippen molar-refractivity contribution in [3.63, 3.8) is 0 Å². The quantitative estimate of drug-likeness (QED) is 0.535. The minimum absolute atomic E-state index is 0.138. The van der Waals surface area contributed by atoms with Crippen molar-refractivity contribution in [2.24, 2.45) is 16.7 Å². The standard InChI is InChI=1S/C28H36ClNO3/c1-18-6-5-10-28(20-8-7-19(22(29)12-20)9-11-25(2,3)4)13-23(31)30(14-21(18)28)27-15-26(16-27,17-27)24(32)33/h7-8,12,14,18H,5-6,9-11,13,15-17H2,1-4H3,(H,32,33)/t18?,26?,27?,28-/m1/s1. The van der Waals surface area contributed by atoms with Gasteiger partial charge >= 0.3 is 5.97 Å². The Balaban J connectivity index is 1.46. The molecule has 33 heavy (non-hydrogen) atoms. The summed E-state index contributed by atoms with van der Waals surface area (Å²) in [4.78, 5) is 27.1. The van der Waals surface area contributed by atoms with Gasteiger partial charge < -0.3 is 10.0 Å². The summed E-state index contributed by atoms with van der Waals surface area (Å²) < 4.78 is 0. The zero-order valence-electron chi connectivity index (χ0n) is 20.3. The van der Waals surface area contributed by atoms with E-state index >= 15 is 0 Å². The molecule has 4 saturated carbocycles. The molecule has 5 aliphatic rings. The van der Waals surface area contributed by atoms with Gasteiger partial charge in [-0.15, -0.1) is 0 Å². The first-order valence-electron chi connectivity index (χ1n) is 12.5. The molecule has 4 aliphatic carbocycles. The van der Waals surface area contributed by atoms with Crippen molar-refractivity contribution in [3.8, 4) is 0 Å². The number of carboxylic acid groups (broad SMARTS) is 1. The van der Waals surface area contributed by atoms with Gasteiger partial charge in [-0.3, -0.25) is 9.59 Å². The fourth-order valence-corrected chi connectivity index (χ4v) is 7.34. The van der Waals surface area contributed by atoms with Crippen molar-refractivity contribution < 1.29 is 14.7 Å². The van der Waals surface area contributed by atoms with E-state index in [1.807, 2.05) is 4.90 Å². The van der Waals surface area contributed by atoms with E-state index in [-0.39, 0.29) is 22.3 Å². The third kappa shape index (κ3) is 3.47. The lowest BCUT2D eigenvalue weighted by Crippen LogP contribution is -2.77. The second-order valence-electron chi connectivity index (χ2n) is 12.6. The Morgan fingerprint density at radius 1 is 1.24 bits per heavy atom. The second-order valence-corrected chi connectivity index (χ2v) is 13.0. The highest BCUT2D eigenvalue weighted by Crippen LogP contribution is 2.71. The van der Waals surface area contributed by atoms with Crippen LogP contribution in [0.2, 0.25) is 5.02 Å². The van der Waals surface area contributed by atoms with Gasteiger partial charge in [-0.1, -0.05) is 57.8 Å². The number of carbonyl (C=O) groups excluding carboxylic acids is 1. The summed E-state index contributed by atoms with van der Waals surface area (Å²) >= 11 is 6.79. The smallest absolute Gasteiger partial charge is 0.309 e. The van der Waals surface area contributed by atoms with Gasteiger partial charge in [-0.2, -0.15) is 0 Å². The van der Waals surface area contributed by atoms with Crippen LogP contribution in [0.3, 0.4) is 0 Å². The number of hydrogen-bond donors (Lipinski definition) is 1. The van der Waals surface area contributed by atoms with Crippen molar-refractivity contribution in [3.05, 3.63) is 46.1 Å². The molecular formula is C28H36ClNO3. The first-order valence-corrected chi connectivity index (χ1v) is 12.8. The number of benzene rings is 1. The fraction of sp³-hybridized carbons (Fsp3) is 0.643. The maximum Gasteiger partial charge on any atom is 0.309 e. The van der Waals surface area contributed by atoms with E-state index in [4.69, 9.17) is 11.6 Å². The number of aliphatic carboxylic acids is 1. The molecule has 1 aromatic rings. The van der Waals surface area contributed by atoms with Crippen molar-refractivity contribution in [1.82, 2.24) is 4.90 Å². The SMILES string of the molecule is CC1CCC[C@]2(c3ccc(CCC(C)(C)C)c(Cl)c3)CC(=O)N(C34CC(C(=O)O)(C3)C4)C=C12. The molecule has 4 nitrogen and oxygen atoms in total. The maximum atomic E-state index is 13.5. The molecule has 1 aliphatic heterocycles. The van der Waals surface area contributed by atoms with Crippen molar-refractivity contribution in [2.45, 2.75) is 96.4 Å². The summed E-state index contributed by atoms with van der Waals surface area (Å²) in [7, 11) is 0. The molecular weight excluding hydrogens is 434 g/mol. The van der Waals surface area contributed by atoms with Gasteiger partial charge in [0.25, 0.3) is 0 Å². The number of carbonyl (C=O) groups is 2. The number of hydrogen-bond acceptors (Lipinski definition) is 2. The average Bonchev–Trinajstić information content (AvgIpc) is 2.65. The highest BCUT2D eigenvalue weighted by Gasteiger charge is 2.75. The van der Waals surface area contributed by atoms with E-state index in [2.05, 4.69) is 52.1 Å². The van der Waals surface area contributed by atoms with Crippen molar-refractivity contribution in [2.75, 3.05) is 0 Å². The lowest BCUT2D eigenvalue weighted by atomic mass is 9.38. The predicted molar refractivity (Wildman–Crippen MR) is 130 cm³/mol. The van der Waals surface area contributed by atoms with E-state index < -0.39 is 11.4 Å². The molecule has 4 fully saturated rings. The van der Waals surface area contributed by atoms with E-state index in [0.29, 0.717) is 31.6 Å². The number of rotatable bonds is 5. The minimum Gasteiger partial charge on any atom is -0.481 e. The minimum atomic E-state index is -0.706. The topological polar surface area (TPSA) is 57.6 Å².